The number of rotatable bonds is 2. The Balaban J connectivity index is 2.15. The summed E-state index contributed by atoms with van der Waals surface area (Å²) in [7, 11) is 0. The molecule has 1 fully saturated rings. The first kappa shape index (κ1) is 11.9. The number of hydrogen-bond donors (Lipinski definition) is 0. The molecular weight excluding hydrogens is 270 g/mol. The van der Waals surface area contributed by atoms with Crippen molar-refractivity contribution in [1.29, 1.82) is 0 Å². The van der Waals surface area contributed by atoms with E-state index in [0.717, 1.165) is 47.9 Å². The second-order valence-corrected chi connectivity index (χ2v) is 5.21. The highest BCUT2D eigenvalue weighted by molar-refractivity contribution is 7.18. The van der Waals surface area contributed by atoms with Gasteiger partial charge in [-0.05, 0) is 11.6 Å². The molecule has 6 heteroatoms. The number of anilines is 1. The second kappa shape index (κ2) is 4.84. The topological polar surface area (TPSA) is 38.2 Å². The summed E-state index contributed by atoms with van der Waals surface area (Å²) in [6.07, 6.45) is 1.80. The molecule has 0 radical (unpaired) electrons. The minimum Gasteiger partial charge on any atom is -0.378 e. The Morgan fingerprint density at radius 3 is 2.89 bits per heavy atom. The first-order valence-corrected chi connectivity index (χ1v) is 6.95. The number of morpholine rings is 1. The third-order valence-electron chi connectivity index (χ3n) is 2.93. The van der Waals surface area contributed by atoms with Crippen LogP contribution in [0.2, 0.25) is 5.28 Å². The van der Waals surface area contributed by atoms with E-state index in [2.05, 4.69) is 21.4 Å². The van der Waals surface area contributed by atoms with Crippen molar-refractivity contribution in [2.45, 2.75) is 0 Å². The zero-order chi connectivity index (χ0) is 12.5. The van der Waals surface area contributed by atoms with Crippen LogP contribution >= 0.6 is 22.9 Å². The SMILES string of the molecule is C=Cc1csc2c(N3CCOCC3)nc(Cl)nc12. The van der Waals surface area contributed by atoms with Gasteiger partial charge in [-0.2, -0.15) is 4.98 Å². The molecular formula is C12H12ClN3OS. The van der Waals surface area contributed by atoms with Gasteiger partial charge >= 0.3 is 0 Å². The smallest absolute Gasteiger partial charge is 0.224 e. The van der Waals surface area contributed by atoms with Gasteiger partial charge in [0.1, 0.15) is 0 Å². The van der Waals surface area contributed by atoms with E-state index in [1.165, 1.54) is 0 Å². The van der Waals surface area contributed by atoms with Gasteiger partial charge in [-0.1, -0.05) is 12.7 Å². The van der Waals surface area contributed by atoms with E-state index in [1.54, 1.807) is 17.4 Å². The molecule has 4 nitrogen and oxygen atoms in total. The van der Waals surface area contributed by atoms with E-state index >= 15 is 0 Å². The maximum Gasteiger partial charge on any atom is 0.224 e. The Morgan fingerprint density at radius 2 is 2.17 bits per heavy atom. The normalized spacial score (nSPS) is 16.2. The van der Waals surface area contributed by atoms with Crippen LogP contribution in [0, 0.1) is 0 Å². The largest absolute Gasteiger partial charge is 0.378 e. The van der Waals surface area contributed by atoms with Crippen molar-refractivity contribution in [3.05, 3.63) is 22.8 Å². The number of halogens is 1. The molecule has 0 atom stereocenters. The first-order valence-electron chi connectivity index (χ1n) is 5.69. The van der Waals surface area contributed by atoms with Crippen molar-refractivity contribution in [2.75, 3.05) is 31.2 Å². The predicted molar refractivity (Wildman–Crippen MR) is 75.5 cm³/mol. The summed E-state index contributed by atoms with van der Waals surface area (Å²) in [6, 6.07) is 0. The molecule has 2 aromatic heterocycles. The molecule has 1 aliphatic rings. The fraction of sp³-hybridized carbons (Fsp3) is 0.333. The zero-order valence-electron chi connectivity index (χ0n) is 9.73. The number of fused-ring (bicyclic) bond motifs is 1. The molecule has 0 bridgehead atoms. The molecule has 3 heterocycles. The molecule has 0 aliphatic carbocycles. The van der Waals surface area contributed by atoms with Gasteiger partial charge in [-0.25, -0.2) is 4.98 Å². The quantitative estimate of drug-likeness (QED) is 0.794. The lowest BCUT2D eigenvalue weighted by atomic mass is 10.2. The van der Waals surface area contributed by atoms with Crippen LogP contribution in [-0.2, 0) is 4.74 Å². The molecule has 3 rings (SSSR count). The van der Waals surface area contributed by atoms with E-state index in [-0.39, 0.29) is 5.28 Å². The van der Waals surface area contributed by atoms with Crippen LogP contribution < -0.4 is 4.90 Å². The molecule has 0 N–H and O–H groups in total. The van der Waals surface area contributed by atoms with Gasteiger partial charge in [0.15, 0.2) is 5.82 Å². The van der Waals surface area contributed by atoms with Gasteiger partial charge in [-0.3, -0.25) is 0 Å². The van der Waals surface area contributed by atoms with Crippen molar-refractivity contribution >= 4 is 45.0 Å². The first-order chi connectivity index (χ1) is 8.79. The Labute approximate surface area is 114 Å². The fourth-order valence-electron chi connectivity index (χ4n) is 2.03. The molecule has 2 aromatic rings. The Morgan fingerprint density at radius 1 is 1.39 bits per heavy atom. The lowest BCUT2D eigenvalue weighted by Crippen LogP contribution is -2.36. The van der Waals surface area contributed by atoms with Crippen molar-refractivity contribution in [2.24, 2.45) is 0 Å². The Bertz CT molecular complexity index is 592. The van der Waals surface area contributed by atoms with E-state index in [4.69, 9.17) is 16.3 Å². The molecule has 1 aliphatic heterocycles. The van der Waals surface area contributed by atoms with Crippen LogP contribution in [0.5, 0.6) is 0 Å². The summed E-state index contributed by atoms with van der Waals surface area (Å²) < 4.78 is 6.42. The number of hydrogen-bond acceptors (Lipinski definition) is 5. The Kier molecular flexibility index (Phi) is 3.20. The monoisotopic (exact) mass is 281 g/mol. The third kappa shape index (κ3) is 1.98. The molecule has 18 heavy (non-hydrogen) atoms. The lowest BCUT2D eigenvalue weighted by Gasteiger charge is -2.28. The summed E-state index contributed by atoms with van der Waals surface area (Å²) >= 11 is 7.65. The van der Waals surface area contributed by atoms with Gasteiger partial charge in [0, 0.05) is 24.0 Å². The summed E-state index contributed by atoms with van der Waals surface area (Å²) in [5.74, 6) is 0.909. The van der Waals surface area contributed by atoms with Gasteiger partial charge < -0.3 is 9.64 Å². The highest BCUT2D eigenvalue weighted by atomic mass is 35.5. The average Bonchev–Trinajstić information content (AvgIpc) is 2.81. The van der Waals surface area contributed by atoms with Crippen LogP contribution in [0.1, 0.15) is 5.56 Å². The molecule has 0 amide bonds. The Hall–Kier alpha value is -1.17. The van der Waals surface area contributed by atoms with Crippen molar-refractivity contribution < 1.29 is 4.74 Å². The standard InChI is InChI=1S/C12H12ClN3OS/c1-2-8-7-18-10-9(8)14-12(13)15-11(10)16-3-5-17-6-4-16/h2,7H,1,3-6H2. The average molecular weight is 282 g/mol. The van der Waals surface area contributed by atoms with Gasteiger partial charge in [-0.15, -0.1) is 11.3 Å². The molecule has 94 valence electrons. The summed E-state index contributed by atoms with van der Waals surface area (Å²) in [5, 5.41) is 2.32. The number of aromatic nitrogens is 2. The lowest BCUT2D eigenvalue weighted by molar-refractivity contribution is 0.122. The van der Waals surface area contributed by atoms with Crippen LogP contribution in [0.25, 0.3) is 16.3 Å². The highest BCUT2D eigenvalue weighted by Crippen LogP contribution is 2.33. The fourth-order valence-corrected chi connectivity index (χ4v) is 3.20. The minimum atomic E-state index is 0.283. The third-order valence-corrected chi connectivity index (χ3v) is 4.08. The predicted octanol–water partition coefficient (Wildman–Crippen LogP) is 2.82. The second-order valence-electron chi connectivity index (χ2n) is 3.99. The van der Waals surface area contributed by atoms with Crippen LogP contribution in [0.15, 0.2) is 12.0 Å². The molecule has 0 aromatic carbocycles. The molecule has 0 saturated carbocycles. The van der Waals surface area contributed by atoms with Gasteiger partial charge in [0.25, 0.3) is 0 Å². The van der Waals surface area contributed by atoms with E-state index in [0.29, 0.717) is 0 Å². The van der Waals surface area contributed by atoms with E-state index in [1.807, 2.05) is 5.38 Å². The molecule has 0 unspecified atom stereocenters. The van der Waals surface area contributed by atoms with Crippen LogP contribution in [0.3, 0.4) is 0 Å². The number of ether oxygens (including phenoxy) is 1. The van der Waals surface area contributed by atoms with E-state index in [9.17, 15) is 0 Å². The molecule has 1 saturated heterocycles. The van der Waals surface area contributed by atoms with Crippen LogP contribution in [0.4, 0.5) is 5.82 Å². The minimum absolute atomic E-state index is 0.283. The summed E-state index contributed by atoms with van der Waals surface area (Å²) in [6.45, 7) is 6.92. The molecule has 0 spiro atoms. The summed E-state index contributed by atoms with van der Waals surface area (Å²) in [5.41, 5.74) is 1.89. The van der Waals surface area contributed by atoms with Gasteiger partial charge in [0.2, 0.25) is 5.28 Å². The highest BCUT2D eigenvalue weighted by Gasteiger charge is 2.19. The van der Waals surface area contributed by atoms with Crippen molar-refractivity contribution in [3.8, 4) is 0 Å². The number of thiophene rings is 1. The van der Waals surface area contributed by atoms with E-state index < -0.39 is 0 Å². The zero-order valence-corrected chi connectivity index (χ0v) is 11.3. The summed E-state index contributed by atoms with van der Waals surface area (Å²) in [4.78, 5) is 10.9. The van der Waals surface area contributed by atoms with Crippen molar-refractivity contribution in [1.82, 2.24) is 9.97 Å². The van der Waals surface area contributed by atoms with Crippen LogP contribution in [-0.4, -0.2) is 36.3 Å². The number of nitrogens with zero attached hydrogens (tertiary/aromatic N) is 3. The van der Waals surface area contributed by atoms with Gasteiger partial charge in [0.05, 0.1) is 23.4 Å². The maximum atomic E-state index is 6.02. The van der Waals surface area contributed by atoms with Crippen molar-refractivity contribution in [3.63, 3.8) is 0 Å². The maximum absolute atomic E-state index is 6.02.